The van der Waals surface area contributed by atoms with Crippen LogP contribution in [-0.2, 0) is 21.8 Å². The van der Waals surface area contributed by atoms with Crippen molar-refractivity contribution in [3.05, 3.63) is 87.8 Å². The van der Waals surface area contributed by atoms with Crippen LogP contribution in [0.2, 0.25) is 10.0 Å². The minimum atomic E-state index is -1.15. The Bertz CT molecular complexity index is 1330. The summed E-state index contributed by atoms with van der Waals surface area (Å²) < 4.78 is 20.6. The number of nitrogens with one attached hydrogen (secondary N) is 1. The van der Waals surface area contributed by atoms with E-state index in [1.165, 1.54) is 6.33 Å². The second-order valence-corrected chi connectivity index (χ2v) is 8.87. The SMILES string of the molecule is S=c1nc(-c2ccc(OCC3COC(Cn4cncn4)(c4ccc(Cl)cc4Cl)O3)cc2)cc[nH]1. The number of rotatable bonds is 7. The summed E-state index contributed by atoms with van der Waals surface area (Å²) in [6.45, 7) is 0.877. The average Bonchev–Trinajstić information content (AvgIpc) is 3.49. The maximum Gasteiger partial charge on any atom is 0.217 e. The number of H-pyrrole nitrogens is 1. The number of aromatic amines is 1. The topological polar surface area (TPSA) is 87.1 Å². The third-order valence-corrected chi connectivity index (χ3v) is 6.05. The van der Waals surface area contributed by atoms with Gasteiger partial charge in [-0.3, -0.25) is 0 Å². The van der Waals surface area contributed by atoms with Gasteiger partial charge in [0.05, 0.1) is 17.3 Å². The smallest absolute Gasteiger partial charge is 0.217 e. The molecule has 0 spiro atoms. The van der Waals surface area contributed by atoms with Gasteiger partial charge in [-0.05, 0) is 54.7 Å². The van der Waals surface area contributed by atoms with Gasteiger partial charge >= 0.3 is 0 Å². The zero-order valence-corrected chi connectivity index (χ0v) is 20.1. The summed E-state index contributed by atoms with van der Waals surface area (Å²) in [7, 11) is 0. The van der Waals surface area contributed by atoms with Crippen LogP contribution in [0.15, 0.2) is 67.4 Å². The van der Waals surface area contributed by atoms with Crippen LogP contribution in [0, 0.1) is 4.77 Å². The van der Waals surface area contributed by atoms with Crippen LogP contribution in [-0.4, -0.2) is 44.1 Å². The van der Waals surface area contributed by atoms with Gasteiger partial charge in [0, 0.05) is 22.3 Å². The molecule has 11 heteroatoms. The Morgan fingerprint density at radius 1 is 1.18 bits per heavy atom. The van der Waals surface area contributed by atoms with Crippen molar-refractivity contribution in [3.8, 4) is 17.0 Å². The zero-order valence-electron chi connectivity index (χ0n) is 17.7. The van der Waals surface area contributed by atoms with Crippen molar-refractivity contribution >= 4 is 35.4 Å². The molecule has 0 aliphatic carbocycles. The Kier molecular flexibility index (Phi) is 6.62. The normalized spacial score (nSPS) is 19.9. The lowest BCUT2D eigenvalue weighted by molar-refractivity contribution is -0.190. The zero-order chi connectivity index (χ0) is 23.5. The van der Waals surface area contributed by atoms with E-state index in [1.54, 1.807) is 35.4 Å². The predicted octanol–water partition coefficient (Wildman–Crippen LogP) is 5.05. The van der Waals surface area contributed by atoms with Gasteiger partial charge in [-0.15, -0.1) is 0 Å². The van der Waals surface area contributed by atoms with Crippen molar-refractivity contribution in [2.75, 3.05) is 13.2 Å². The van der Waals surface area contributed by atoms with Gasteiger partial charge in [-0.2, -0.15) is 5.10 Å². The molecular weight excluding hydrogens is 497 g/mol. The molecule has 8 nitrogen and oxygen atoms in total. The molecule has 0 saturated carbocycles. The summed E-state index contributed by atoms with van der Waals surface area (Å²) >= 11 is 17.7. The van der Waals surface area contributed by atoms with E-state index < -0.39 is 5.79 Å². The van der Waals surface area contributed by atoms with E-state index in [-0.39, 0.29) is 12.6 Å². The van der Waals surface area contributed by atoms with E-state index in [9.17, 15) is 0 Å². The van der Waals surface area contributed by atoms with Crippen LogP contribution in [0.5, 0.6) is 5.75 Å². The second-order valence-electron chi connectivity index (χ2n) is 7.64. The molecule has 1 aliphatic heterocycles. The van der Waals surface area contributed by atoms with E-state index in [2.05, 4.69) is 20.1 Å². The van der Waals surface area contributed by atoms with Gasteiger partial charge < -0.3 is 19.2 Å². The predicted molar refractivity (Wildman–Crippen MR) is 129 cm³/mol. The van der Waals surface area contributed by atoms with Crippen LogP contribution in [0.1, 0.15) is 5.56 Å². The second kappa shape index (κ2) is 9.81. The number of hydrogen-bond acceptors (Lipinski definition) is 7. The van der Waals surface area contributed by atoms with Crippen LogP contribution in [0.25, 0.3) is 11.3 Å². The number of halogens is 2. The number of benzene rings is 2. The highest BCUT2D eigenvalue weighted by Crippen LogP contribution is 2.40. The molecule has 2 aromatic carbocycles. The van der Waals surface area contributed by atoms with Crippen LogP contribution >= 0.6 is 35.4 Å². The highest BCUT2D eigenvalue weighted by molar-refractivity contribution is 7.71. The summed E-state index contributed by atoms with van der Waals surface area (Å²) in [5.41, 5.74) is 2.40. The largest absolute Gasteiger partial charge is 0.491 e. The van der Waals surface area contributed by atoms with E-state index >= 15 is 0 Å². The monoisotopic (exact) mass is 515 g/mol. The third-order valence-electron chi connectivity index (χ3n) is 5.29. The van der Waals surface area contributed by atoms with E-state index in [0.29, 0.717) is 39.3 Å². The average molecular weight is 516 g/mol. The Morgan fingerprint density at radius 2 is 2.03 bits per heavy atom. The first-order valence-electron chi connectivity index (χ1n) is 10.4. The lowest BCUT2D eigenvalue weighted by atomic mass is 10.1. The lowest BCUT2D eigenvalue weighted by Gasteiger charge is -2.29. The molecule has 174 valence electrons. The molecule has 2 aromatic heterocycles. The molecule has 0 bridgehead atoms. The first-order chi connectivity index (χ1) is 16.5. The first kappa shape index (κ1) is 22.9. The fourth-order valence-corrected chi connectivity index (χ4v) is 4.44. The quantitative estimate of drug-likeness (QED) is 0.344. The van der Waals surface area contributed by atoms with E-state index in [4.69, 9.17) is 49.6 Å². The summed E-state index contributed by atoms with van der Waals surface area (Å²) in [4.78, 5) is 11.2. The van der Waals surface area contributed by atoms with Crippen molar-refractivity contribution in [1.82, 2.24) is 24.7 Å². The minimum Gasteiger partial charge on any atom is -0.491 e. The standard InChI is InChI=1S/C23H19Cl2N5O3S/c24-16-3-6-19(20(25)9-16)23(12-30-14-26-13-28-30)32-11-18(33-23)10-31-17-4-1-15(2-5-17)21-7-8-27-22(34)29-21/h1-9,13-14,18H,10-12H2,(H,27,29,34). The summed E-state index contributed by atoms with van der Waals surface area (Å²) in [6, 6.07) is 14.7. The molecule has 2 unspecified atom stereocenters. The molecule has 4 aromatic rings. The molecule has 0 radical (unpaired) electrons. The van der Waals surface area contributed by atoms with Crippen LogP contribution < -0.4 is 4.74 Å². The molecule has 1 aliphatic rings. The van der Waals surface area contributed by atoms with Crippen LogP contribution in [0.4, 0.5) is 0 Å². The Balaban J connectivity index is 1.29. The molecule has 1 N–H and O–H groups in total. The molecule has 1 saturated heterocycles. The fourth-order valence-electron chi connectivity index (χ4n) is 3.73. The highest BCUT2D eigenvalue weighted by atomic mass is 35.5. The van der Waals surface area contributed by atoms with Crippen molar-refractivity contribution < 1.29 is 14.2 Å². The molecular formula is C23H19Cl2N5O3S. The Labute approximate surface area is 210 Å². The van der Waals surface area contributed by atoms with Gasteiger partial charge in [0.25, 0.3) is 0 Å². The third kappa shape index (κ3) is 4.98. The van der Waals surface area contributed by atoms with Gasteiger partial charge in [0.1, 0.15) is 37.7 Å². The van der Waals surface area contributed by atoms with Gasteiger partial charge in [0.15, 0.2) is 4.77 Å². The van der Waals surface area contributed by atoms with Crippen LogP contribution in [0.3, 0.4) is 0 Å². The lowest BCUT2D eigenvalue weighted by Crippen LogP contribution is -2.35. The van der Waals surface area contributed by atoms with E-state index in [0.717, 1.165) is 11.3 Å². The van der Waals surface area contributed by atoms with Crippen molar-refractivity contribution in [2.45, 2.75) is 18.4 Å². The maximum absolute atomic E-state index is 6.50. The Morgan fingerprint density at radius 3 is 2.76 bits per heavy atom. The number of ether oxygens (including phenoxy) is 3. The maximum atomic E-state index is 6.50. The van der Waals surface area contributed by atoms with Gasteiger partial charge in [-0.25, -0.2) is 14.6 Å². The Hall–Kier alpha value is -2.82. The summed E-state index contributed by atoms with van der Waals surface area (Å²) in [5.74, 6) is -0.447. The molecule has 0 amide bonds. The van der Waals surface area contributed by atoms with E-state index in [1.807, 2.05) is 30.3 Å². The number of hydrogen-bond donors (Lipinski definition) is 1. The molecule has 34 heavy (non-hydrogen) atoms. The first-order valence-corrected chi connectivity index (χ1v) is 11.6. The van der Waals surface area contributed by atoms with Crippen molar-refractivity contribution in [2.24, 2.45) is 0 Å². The number of nitrogens with zero attached hydrogens (tertiary/aromatic N) is 4. The molecule has 5 rings (SSSR count). The van der Waals surface area contributed by atoms with Gasteiger partial charge in [-0.1, -0.05) is 29.3 Å². The van der Waals surface area contributed by atoms with Crippen molar-refractivity contribution in [3.63, 3.8) is 0 Å². The highest BCUT2D eigenvalue weighted by Gasteiger charge is 2.45. The number of aromatic nitrogens is 5. The molecule has 3 heterocycles. The fraction of sp³-hybridized carbons (Fsp3) is 0.217. The molecule has 1 fully saturated rings. The molecule has 2 atom stereocenters. The van der Waals surface area contributed by atoms with Gasteiger partial charge in [0.2, 0.25) is 5.79 Å². The minimum absolute atomic E-state index is 0.270. The summed E-state index contributed by atoms with van der Waals surface area (Å²) in [5, 5.41) is 5.16. The van der Waals surface area contributed by atoms with Crippen molar-refractivity contribution in [1.29, 1.82) is 0 Å². The summed E-state index contributed by atoms with van der Waals surface area (Å²) in [6.07, 6.45) is 4.49.